The van der Waals surface area contributed by atoms with Crippen LogP contribution in [0.4, 0.5) is 0 Å². The van der Waals surface area contributed by atoms with Crippen LogP contribution in [0.2, 0.25) is 0 Å². The SMILES string of the molecule is C/C=C(/CSC1=NC(C)=CC(O)N1C)C(C)=NC. The summed E-state index contributed by atoms with van der Waals surface area (Å²) < 4.78 is 0. The lowest BCUT2D eigenvalue weighted by molar-refractivity contribution is 0.114. The molecular weight excluding hydrogens is 246 g/mol. The van der Waals surface area contributed by atoms with Crippen LogP contribution in [0, 0.1) is 0 Å². The van der Waals surface area contributed by atoms with Crippen molar-refractivity contribution in [3.63, 3.8) is 0 Å². The Morgan fingerprint density at radius 2 is 2.33 bits per heavy atom. The van der Waals surface area contributed by atoms with Crippen molar-refractivity contribution in [2.24, 2.45) is 9.98 Å². The molecule has 0 amide bonds. The van der Waals surface area contributed by atoms with Crippen LogP contribution in [0.5, 0.6) is 0 Å². The molecule has 18 heavy (non-hydrogen) atoms. The third-order valence-corrected chi connectivity index (χ3v) is 3.96. The van der Waals surface area contributed by atoms with E-state index >= 15 is 0 Å². The van der Waals surface area contributed by atoms with Crippen LogP contribution in [0.1, 0.15) is 20.8 Å². The van der Waals surface area contributed by atoms with Gasteiger partial charge in [-0.15, -0.1) is 0 Å². The molecular formula is C13H21N3OS. The summed E-state index contributed by atoms with van der Waals surface area (Å²) in [4.78, 5) is 10.4. The summed E-state index contributed by atoms with van der Waals surface area (Å²) in [6.07, 6.45) is 3.22. The van der Waals surface area contributed by atoms with Crippen molar-refractivity contribution in [3.8, 4) is 0 Å². The first-order valence-corrected chi connectivity index (χ1v) is 6.88. The van der Waals surface area contributed by atoms with E-state index in [9.17, 15) is 5.11 Å². The highest BCUT2D eigenvalue weighted by Gasteiger charge is 2.19. The summed E-state index contributed by atoms with van der Waals surface area (Å²) in [7, 11) is 3.64. The zero-order valence-corrected chi connectivity index (χ0v) is 12.5. The number of aliphatic hydroxyl groups excluding tert-OH is 1. The lowest BCUT2D eigenvalue weighted by Gasteiger charge is -2.28. The van der Waals surface area contributed by atoms with Crippen molar-refractivity contribution >= 4 is 22.6 Å². The Kier molecular flexibility index (Phi) is 5.62. The van der Waals surface area contributed by atoms with E-state index in [4.69, 9.17) is 0 Å². The van der Waals surface area contributed by atoms with E-state index < -0.39 is 6.23 Å². The molecule has 0 fully saturated rings. The minimum absolute atomic E-state index is 0.583. The molecule has 1 aliphatic rings. The number of likely N-dealkylation sites (N-methyl/N-ethyl adjacent to an activating group) is 1. The van der Waals surface area contributed by atoms with Crippen molar-refractivity contribution < 1.29 is 5.11 Å². The van der Waals surface area contributed by atoms with E-state index in [1.165, 1.54) is 5.57 Å². The van der Waals surface area contributed by atoms with Crippen LogP contribution in [0.25, 0.3) is 0 Å². The van der Waals surface area contributed by atoms with Gasteiger partial charge in [0.25, 0.3) is 0 Å². The number of hydrogen-bond donors (Lipinski definition) is 1. The van der Waals surface area contributed by atoms with Crippen LogP contribution in [-0.4, -0.2) is 47.0 Å². The summed E-state index contributed by atoms with van der Waals surface area (Å²) in [5.74, 6) is 0.808. The Labute approximate surface area is 113 Å². The monoisotopic (exact) mass is 267 g/mol. The van der Waals surface area contributed by atoms with Crippen molar-refractivity contribution in [3.05, 3.63) is 23.4 Å². The normalized spacial score (nSPS) is 21.9. The number of hydrogen-bond acceptors (Lipinski definition) is 5. The fourth-order valence-corrected chi connectivity index (χ4v) is 2.70. The minimum Gasteiger partial charge on any atom is -0.370 e. The molecule has 0 saturated heterocycles. The van der Waals surface area contributed by atoms with Crippen LogP contribution in [0.3, 0.4) is 0 Å². The molecule has 0 spiro atoms. The quantitative estimate of drug-likeness (QED) is 0.798. The number of thioether (sulfide) groups is 1. The highest BCUT2D eigenvalue weighted by Crippen LogP contribution is 2.20. The molecule has 0 bridgehead atoms. The van der Waals surface area contributed by atoms with Crippen LogP contribution in [-0.2, 0) is 0 Å². The van der Waals surface area contributed by atoms with Gasteiger partial charge in [0.05, 0.1) is 0 Å². The number of nitrogens with zero attached hydrogens (tertiary/aromatic N) is 3. The van der Waals surface area contributed by atoms with Gasteiger partial charge in [-0.1, -0.05) is 17.8 Å². The van der Waals surface area contributed by atoms with E-state index in [1.54, 1.807) is 29.8 Å². The van der Waals surface area contributed by atoms with Gasteiger partial charge in [-0.2, -0.15) is 0 Å². The maximum Gasteiger partial charge on any atom is 0.166 e. The van der Waals surface area contributed by atoms with E-state index in [-0.39, 0.29) is 0 Å². The molecule has 0 radical (unpaired) electrons. The zero-order chi connectivity index (χ0) is 13.7. The molecule has 1 heterocycles. The van der Waals surface area contributed by atoms with Crippen LogP contribution >= 0.6 is 11.8 Å². The van der Waals surface area contributed by atoms with Gasteiger partial charge in [0.1, 0.15) is 6.23 Å². The second-order valence-corrected chi connectivity index (χ2v) is 5.08. The van der Waals surface area contributed by atoms with E-state index in [1.807, 2.05) is 27.8 Å². The summed E-state index contributed by atoms with van der Waals surface area (Å²) in [6.45, 7) is 5.91. The Hall–Kier alpha value is -1.07. The van der Waals surface area contributed by atoms with Gasteiger partial charge in [0, 0.05) is 31.3 Å². The van der Waals surface area contributed by atoms with Crippen molar-refractivity contribution in [1.29, 1.82) is 0 Å². The molecule has 0 aromatic rings. The summed E-state index contributed by atoms with van der Waals surface area (Å²) in [6, 6.07) is 0. The number of aliphatic hydroxyl groups is 1. The first kappa shape index (κ1) is 15.0. The van der Waals surface area contributed by atoms with Gasteiger partial charge >= 0.3 is 0 Å². The fourth-order valence-electron chi connectivity index (χ4n) is 1.52. The van der Waals surface area contributed by atoms with Gasteiger partial charge in [0.15, 0.2) is 5.17 Å². The highest BCUT2D eigenvalue weighted by atomic mass is 32.2. The van der Waals surface area contributed by atoms with E-state index in [0.29, 0.717) is 0 Å². The first-order chi connectivity index (χ1) is 8.49. The fraction of sp³-hybridized carbons (Fsp3) is 0.538. The van der Waals surface area contributed by atoms with E-state index in [2.05, 4.69) is 16.1 Å². The lowest BCUT2D eigenvalue weighted by Crippen LogP contribution is -2.36. The topological polar surface area (TPSA) is 48.2 Å². The average Bonchev–Trinajstić information content (AvgIpc) is 2.35. The van der Waals surface area contributed by atoms with Gasteiger partial charge < -0.3 is 10.0 Å². The average molecular weight is 267 g/mol. The highest BCUT2D eigenvalue weighted by molar-refractivity contribution is 8.14. The molecule has 0 aromatic heterocycles. The predicted molar refractivity (Wildman–Crippen MR) is 80.2 cm³/mol. The smallest absolute Gasteiger partial charge is 0.166 e. The zero-order valence-electron chi connectivity index (χ0n) is 11.6. The summed E-state index contributed by atoms with van der Waals surface area (Å²) >= 11 is 1.62. The lowest BCUT2D eigenvalue weighted by atomic mass is 10.2. The molecule has 100 valence electrons. The molecule has 0 aliphatic carbocycles. The molecule has 5 heteroatoms. The van der Waals surface area contributed by atoms with Crippen LogP contribution in [0.15, 0.2) is 33.4 Å². The first-order valence-electron chi connectivity index (χ1n) is 5.89. The maximum absolute atomic E-state index is 9.81. The maximum atomic E-state index is 9.81. The minimum atomic E-state index is -0.583. The number of rotatable bonds is 3. The Balaban J connectivity index is 2.72. The molecule has 0 aromatic carbocycles. The van der Waals surface area contributed by atoms with Gasteiger partial charge in [-0.25, -0.2) is 4.99 Å². The summed E-state index contributed by atoms with van der Waals surface area (Å²) in [5.41, 5.74) is 3.09. The number of amidine groups is 1. The predicted octanol–water partition coefficient (Wildman–Crippen LogP) is 2.28. The van der Waals surface area contributed by atoms with Gasteiger partial charge in [-0.05, 0) is 32.4 Å². The number of allylic oxidation sites excluding steroid dienone is 2. The van der Waals surface area contributed by atoms with Gasteiger partial charge in [-0.3, -0.25) is 4.99 Å². The van der Waals surface area contributed by atoms with Crippen molar-refractivity contribution in [2.45, 2.75) is 27.0 Å². The Morgan fingerprint density at radius 3 is 2.89 bits per heavy atom. The van der Waals surface area contributed by atoms with Crippen LogP contribution < -0.4 is 0 Å². The third-order valence-electron chi connectivity index (χ3n) is 2.87. The van der Waals surface area contributed by atoms with Gasteiger partial charge in [0.2, 0.25) is 0 Å². The molecule has 1 unspecified atom stereocenters. The summed E-state index contributed by atoms with van der Waals surface area (Å²) in [5, 5.41) is 10.7. The van der Waals surface area contributed by atoms with Crippen molar-refractivity contribution in [2.75, 3.05) is 19.8 Å². The molecule has 1 aliphatic heterocycles. The number of aliphatic imine (C=N–C) groups is 2. The molecule has 4 nitrogen and oxygen atoms in total. The second kappa shape index (κ2) is 6.75. The van der Waals surface area contributed by atoms with Crippen molar-refractivity contribution in [1.82, 2.24) is 4.90 Å². The largest absolute Gasteiger partial charge is 0.370 e. The third kappa shape index (κ3) is 3.71. The standard InChI is InChI=1S/C13H21N3OS/c1-6-11(10(3)14-4)8-18-13-15-9(2)7-12(17)16(13)5/h6-7,12,17H,8H2,1-5H3/b11-6-,14-10?. The molecule has 1 rings (SSSR count). The Bertz CT molecular complexity index is 424. The Morgan fingerprint density at radius 1 is 1.67 bits per heavy atom. The molecule has 1 atom stereocenters. The van der Waals surface area contributed by atoms with E-state index in [0.717, 1.165) is 22.3 Å². The molecule has 0 saturated carbocycles. The second-order valence-electron chi connectivity index (χ2n) is 4.14. The molecule has 1 N–H and O–H groups in total.